The van der Waals surface area contributed by atoms with Crippen molar-refractivity contribution in [2.75, 3.05) is 25.9 Å². The molecule has 0 aliphatic heterocycles. The van der Waals surface area contributed by atoms with Gasteiger partial charge in [0.2, 0.25) is 15.9 Å². The van der Waals surface area contributed by atoms with E-state index < -0.39 is 10.0 Å². The van der Waals surface area contributed by atoms with E-state index in [0.717, 1.165) is 12.8 Å². The maximum atomic E-state index is 11.6. The summed E-state index contributed by atoms with van der Waals surface area (Å²) in [6.45, 7) is 7.29. The van der Waals surface area contributed by atoms with Crippen LogP contribution in [0.25, 0.3) is 0 Å². The largest absolute Gasteiger partial charge is 0.355 e. The molecule has 1 N–H and O–H groups in total. The van der Waals surface area contributed by atoms with Gasteiger partial charge in [-0.3, -0.25) is 4.79 Å². The third-order valence-corrected chi connectivity index (χ3v) is 3.89. The van der Waals surface area contributed by atoms with Crippen LogP contribution in [0.3, 0.4) is 0 Å². The predicted molar refractivity (Wildman–Crippen MR) is 73.8 cm³/mol. The minimum atomic E-state index is -3.19. The molecule has 0 aliphatic rings. The molecule has 0 rings (SSSR count). The molecular formula is C12H26N2O3S. The van der Waals surface area contributed by atoms with Crippen molar-refractivity contribution in [2.24, 2.45) is 5.92 Å². The van der Waals surface area contributed by atoms with Crippen molar-refractivity contribution in [3.63, 3.8) is 0 Å². The summed E-state index contributed by atoms with van der Waals surface area (Å²) in [6, 6.07) is 0. The zero-order valence-corrected chi connectivity index (χ0v) is 12.7. The second-order valence-corrected chi connectivity index (χ2v) is 6.93. The molecule has 0 aromatic rings. The number of rotatable bonds is 9. The Labute approximate surface area is 111 Å². The van der Waals surface area contributed by atoms with Crippen LogP contribution in [-0.4, -0.2) is 44.5 Å². The van der Waals surface area contributed by atoms with Crippen LogP contribution in [-0.2, 0) is 14.8 Å². The highest BCUT2D eigenvalue weighted by atomic mass is 32.2. The van der Waals surface area contributed by atoms with E-state index in [1.54, 1.807) is 0 Å². The standard InChI is InChI=1S/C12H26N2O3S/c1-5-6-12(15)13-8-10-14(18(4,16)17)9-7-11(2)3/h11H,5-10H2,1-4H3,(H,13,15). The van der Waals surface area contributed by atoms with Crippen LogP contribution in [0.4, 0.5) is 0 Å². The number of carbonyl (C=O) groups is 1. The molecule has 0 heterocycles. The third kappa shape index (κ3) is 8.47. The number of nitrogens with one attached hydrogen (secondary N) is 1. The Balaban J connectivity index is 4.14. The molecule has 18 heavy (non-hydrogen) atoms. The van der Waals surface area contributed by atoms with Gasteiger partial charge < -0.3 is 5.32 Å². The van der Waals surface area contributed by atoms with E-state index in [4.69, 9.17) is 0 Å². The zero-order valence-electron chi connectivity index (χ0n) is 11.9. The lowest BCUT2D eigenvalue weighted by Gasteiger charge is -2.21. The van der Waals surface area contributed by atoms with E-state index in [2.05, 4.69) is 19.2 Å². The summed E-state index contributed by atoms with van der Waals surface area (Å²) in [5, 5.41) is 2.73. The van der Waals surface area contributed by atoms with Crippen LogP contribution in [0.1, 0.15) is 40.0 Å². The molecule has 108 valence electrons. The molecule has 0 atom stereocenters. The summed E-state index contributed by atoms with van der Waals surface area (Å²) in [6.07, 6.45) is 3.33. The van der Waals surface area contributed by atoms with Crippen molar-refractivity contribution in [3.8, 4) is 0 Å². The molecule has 0 spiro atoms. The van der Waals surface area contributed by atoms with Crippen molar-refractivity contribution < 1.29 is 13.2 Å². The number of nitrogens with zero attached hydrogens (tertiary/aromatic N) is 1. The topological polar surface area (TPSA) is 66.5 Å². The normalized spacial score (nSPS) is 12.1. The summed E-state index contributed by atoms with van der Waals surface area (Å²) >= 11 is 0. The van der Waals surface area contributed by atoms with E-state index in [0.29, 0.717) is 32.0 Å². The van der Waals surface area contributed by atoms with Crippen molar-refractivity contribution in [1.82, 2.24) is 9.62 Å². The quantitative estimate of drug-likeness (QED) is 0.689. The molecule has 0 saturated carbocycles. The predicted octanol–water partition coefficient (Wildman–Crippen LogP) is 1.21. The van der Waals surface area contributed by atoms with Crippen LogP contribution in [0, 0.1) is 5.92 Å². The fourth-order valence-corrected chi connectivity index (χ4v) is 2.34. The molecule has 0 radical (unpaired) electrons. The van der Waals surface area contributed by atoms with Crippen molar-refractivity contribution in [3.05, 3.63) is 0 Å². The molecule has 6 heteroatoms. The van der Waals surface area contributed by atoms with Gasteiger partial charge in [0.25, 0.3) is 0 Å². The fraction of sp³-hybridized carbons (Fsp3) is 0.917. The average Bonchev–Trinajstić information content (AvgIpc) is 2.21. The number of hydrogen-bond acceptors (Lipinski definition) is 3. The van der Waals surface area contributed by atoms with E-state index in [-0.39, 0.29) is 5.91 Å². The summed E-state index contributed by atoms with van der Waals surface area (Å²) in [5.74, 6) is 0.443. The van der Waals surface area contributed by atoms with Gasteiger partial charge in [0.1, 0.15) is 0 Å². The van der Waals surface area contributed by atoms with Crippen LogP contribution < -0.4 is 5.32 Å². The highest BCUT2D eigenvalue weighted by Gasteiger charge is 2.16. The molecule has 0 bridgehead atoms. The summed E-state index contributed by atoms with van der Waals surface area (Å²) in [4.78, 5) is 11.3. The second kappa shape index (κ2) is 8.48. The lowest BCUT2D eigenvalue weighted by molar-refractivity contribution is -0.121. The van der Waals surface area contributed by atoms with Crippen molar-refractivity contribution in [2.45, 2.75) is 40.0 Å². The van der Waals surface area contributed by atoms with Gasteiger partial charge in [-0.15, -0.1) is 0 Å². The second-order valence-electron chi connectivity index (χ2n) is 4.94. The van der Waals surface area contributed by atoms with E-state index >= 15 is 0 Å². The first-order valence-electron chi connectivity index (χ1n) is 6.49. The molecule has 0 unspecified atom stereocenters. The number of hydrogen-bond donors (Lipinski definition) is 1. The smallest absolute Gasteiger partial charge is 0.220 e. The number of carbonyl (C=O) groups excluding carboxylic acids is 1. The summed E-state index contributed by atoms with van der Waals surface area (Å²) in [5.41, 5.74) is 0. The minimum Gasteiger partial charge on any atom is -0.355 e. The summed E-state index contributed by atoms with van der Waals surface area (Å²) < 4.78 is 24.5. The Morgan fingerprint density at radius 3 is 2.33 bits per heavy atom. The Morgan fingerprint density at radius 1 is 1.28 bits per heavy atom. The first-order valence-corrected chi connectivity index (χ1v) is 8.34. The molecule has 1 amide bonds. The molecule has 5 nitrogen and oxygen atoms in total. The van der Waals surface area contributed by atoms with Crippen LogP contribution >= 0.6 is 0 Å². The lowest BCUT2D eigenvalue weighted by atomic mass is 10.1. The zero-order chi connectivity index (χ0) is 14.2. The van der Waals surface area contributed by atoms with Gasteiger partial charge in [0.15, 0.2) is 0 Å². The lowest BCUT2D eigenvalue weighted by Crippen LogP contribution is -2.38. The van der Waals surface area contributed by atoms with Gasteiger partial charge >= 0.3 is 0 Å². The molecule has 0 saturated heterocycles. The molecular weight excluding hydrogens is 252 g/mol. The van der Waals surface area contributed by atoms with Crippen molar-refractivity contribution >= 4 is 15.9 Å². The molecule has 0 aliphatic carbocycles. The number of amides is 1. The monoisotopic (exact) mass is 278 g/mol. The number of sulfonamides is 1. The van der Waals surface area contributed by atoms with Crippen LogP contribution in [0.2, 0.25) is 0 Å². The third-order valence-electron chi connectivity index (χ3n) is 2.59. The Hall–Kier alpha value is -0.620. The van der Waals surface area contributed by atoms with Gasteiger partial charge in [-0.05, 0) is 18.8 Å². The van der Waals surface area contributed by atoms with Gasteiger partial charge in [0, 0.05) is 26.1 Å². The highest BCUT2D eigenvalue weighted by molar-refractivity contribution is 7.88. The molecule has 0 aromatic carbocycles. The maximum Gasteiger partial charge on any atom is 0.220 e. The van der Waals surface area contributed by atoms with E-state index in [1.807, 2.05) is 6.92 Å². The first kappa shape index (κ1) is 17.4. The van der Waals surface area contributed by atoms with Gasteiger partial charge in [0.05, 0.1) is 6.26 Å². The van der Waals surface area contributed by atoms with Gasteiger partial charge in [-0.25, -0.2) is 12.7 Å². The molecule has 0 aromatic heterocycles. The Morgan fingerprint density at radius 2 is 1.89 bits per heavy atom. The fourth-order valence-electron chi connectivity index (χ4n) is 1.48. The van der Waals surface area contributed by atoms with Crippen LogP contribution in [0.5, 0.6) is 0 Å². The van der Waals surface area contributed by atoms with E-state index in [9.17, 15) is 13.2 Å². The average molecular weight is 278 g/mol. The SMILES string of the molecule is CCCC(=O)NCCN(CCC(C)C)S(C)(=O)=O. The maximum absolute atomic E-state index is 11.6. The minimum absolute atomic E-state index is 0.0187. The summed E-state index contributed by atoms with van der Waals surface area (Å²) in [7, 11) is -3.19. The Kier molecular flexibility index (Phi) is 8.18. The van der Waals surface area contributed by atoms with Crippen molar-refractivity contribution in [1.29, 1.82) is 0 Å². The van der Waals surface area contributed by atoms with Gasteiger partial charge in [-0.1, -0.05) is 20.8 Å². The van der Waals surface area contributed by atoms with Crippen LogP contribution in [0.15, 0.2) is 0 Å². The first-order chi connectivity index (χ1) is 8.27. The highest BCUT2D eigenvalue weighted by Crippen LogP contribution is 2.05. The Bertz CT molecular complexity index is 339. The van der Waals surface area contributed by atoms with Gasteiger partial charge in [-0.2, -0.15) is 0 Å². The van der Waals surface area contributed by atoms with E-state index in [1.165, 1.54) is 10.6 Å². The molecule has 0 fully saturated rings.